The van der Waals surface area contributed by atoms with Crippen LogP contribution in [0.25, 0.3) is 10.9 Å². The number of fused-ring (bicyclic) bond motifs is 1. The largest absolute Gasteiger partial charge is 0.497 e. The Morgan fingerprint density at radius 1 is 1.00 bits per heavy atom. The highest BCUT2D eigenvalue weighted by atomic mass is 16.5. The van der Waals surface area contributed by atoms with Crippen molar-refractivity contribution in [3.8, 4) is 17.4 Å². The van der Waals surface area contributed by atoms with Crippen LogP contribution in [0.2, 0.25) is 0 Å². The van der Waals surface area contributed by atoms with Gasteiger partial charge in [0.1, 0.15) is 11.5 Å². The molecular weight excluding hydrogens is 350 g/mol. The average Bonchev–Trinajstić information content (AvgIpc) is 3.14. The Morgan fingerprint density at radius 3 is 2.82 bits per heavy atom. The first-order chi connectivity index (χ1) is 13.8. The zero-order chi connectivity index (χ0) is 19.2. The molecule has 0 saturated carbocycles. The molecule has 5 nitrogen and oxygen atoms in total. The van der Waals surface area contributed by atoms with Crippen molar-refractivity contribution in [1.29, 1.82) is 0 Å². The molecule has 0 aliphatic heterocycles. The molecule has 0 amide bonds. The van der Waals surface area contributed by atoms with E-state index in [9.17, 15) is 0 Å². The van der Waals surface area contributed by atoms with E-state index in [0.717, 1.165) is 36.5 Å². The van der Waals surface area contributed by atoms with Crippen molar-refractivity contribution in [2.45, 2.75) is 13.0 Å². The third-order valence-corrected chi connectivity index (χ3v) is 4.63. The lowest BCUT2D eigenvalue weighted by Crippen LogP contribution is -2.16. The van der Waals surface area contributed by atoms with Crippen molar-refractivity contribution >= 4 is 10.9 Å². The van der Waals surface area contributed by atoms with Crippen LogP contribution in [0.15, 0.2) is 73.1 Å². The summed E-state index contributed by atoms with van der Waals surface area (Å²) >= 11 is 0. The second-order valence-electron chi connectivity index (χ2n) is 6.57. The van der Waals surface area contributed by atoms with E-state index in [1.54, 1.807) is 13.3 Å². The van der Waals surface area contributed by atoms with Crippen LogP contribution in [-0.4, -0.2) is 23.6 Å². The summed E-state index contributed by atoms with van der Waals surface area (Å²) in [4.78, 5) is 7.52. The number of hydrogen-bond donors (Lipinski definition) is 2. The highest BCUT2D eigenvalue weighted by Gasteiger charge is 2.05. The van der Waals surface area contributed by atoms with E-state index in [-0.39, 0.29) is 0 Å². The molecular formula is C23H23N3O2. The van der Waals surface area contributed by atoms with Crippen LogP contribution in [0.5, 0.6) is 17.4 Å². The van der Waals surface area contributed by atoms with Crippen LogP contribution in [-0.2, 0) is 13.0 Å². The Bertz CT molecular complexity index is 1040. The Hall–Kier alpha value is -3.31. The van der Waals surface area contributed by atoms with Gasteiger partial charge in [-0.3, -0.25) is 0 Å². The van der Waals surface area contributed by atoms with Crippen molar-refractivity contribution in [1.82, 2.24) is 15.3 Å². The highest BCUT2D eigenvalue weighted by molar-refractivity contribution is 5.84. The Balaban J connectivity index is 1.33. The number of H-pyrrole nitrogens is 1. The number of nitrogens with zero attached hydrogens (tertiary/aromatic N) is 1. The predicted octanol–water partition coefficient (Wildman–Crippen LogP) is 4.70. The molecule has 28 heavy (non-hydrogen) atoms. The lowest BCUT2D eigenvalue weighted by Gasteiger charge is -2.08. The number of aromatic amines is 1. The summed E-state index contributed by atoms with van der Waals surface area (Å²) in [7, 11) is 1.70. The first kappa shape index (κ1) is 18.1. The minimum atomic E-state index is 0.599. The summed E-state index contributed by atoms with van der Waals surface area (Å²) in [6, 6.07) is 19.8. The van der Waals surface area contributed by atoms with E-state index in [4.69, 9.17) is 9.47 Å². The van der Waals surface area contributed by atoms with E-state index in [1.807, 2.05) is 42.5 Å². The third-order valence-electron chi connectivity index (χ3n) is 4.63. The molecule has 4 rings (SSSR count). The Morgan fingerprint density at radius 2 is 1.96 bits per heavy atom. The van der Waals surface area contributed by atoms with E-state index in [0.29, 0.717) is 5.88 Å². The minimum absolute atomic E-state index is 0.599. The van der Waals surface area contributed by atoms with Gasteiger partial charge in [0, 0.05) is 35.9 Å². The quantitative estimate of drug-likeness (QED) is 0.440. The highest BCUT2D eigenvalue weighted by Crippen LogP contribution is 2.24. The smallest absolute Gasteiger partial charge is 0.219 e. The van der Waals surface area contributed by atoms with Gasteiger partial charge in [-0.05, 0) is 60.5 Å². The minimum Gasteiger partial charge on any atom is -0.497 e. The fourth-order valence-electron chi connectivity index (χ4n) is 3.19. The zero-order valence-corrected chi connectivity index (χ0v) is 15.8. The topological polar surface area (TPSA) is 59.2 Å². The molecule has 2 N–H and O–H groups in total. The number of benzene rings is 2. The van der Waals surface area contributed by atoms with Gasteiger partial charge < -0.3 is 19.8 Å². The Labute approximate surface area is 164 Å². The fourth-order valence-corrected chi connectivity index (χ4v) is 3.19. The second-order valence-corrected chi connectivity index (χ2v) is 6.57. The van der Waals surface area contributed by atoms with Gasteiger partial charge in [-0.15, -0.1) is 0 Å². The van der Waals surface area contributed by atoms with Gasteiger partial charge in [0.15, 0.2) is 0 Å². The lowest BCUT2D eigenvalue weighted by molar-refractivity contribution is 0.415. The van der Waals surface area contributed by atoms with Gasteiger partial charge in [0.05, 0.1) is 7.11 Å². The monoisotopic (exact) mass is 373 g/mol. The molecule has 0 atom stereocenters. The van der Waals surface area contributed by atoms with Crippen molar-refractivity contribution in [3.63, 3.8) is 0 Å². The maximum Gasteiger partial charge on any atom is 0.219 e. The lowest BCUT2D eigenvalue weighted by atomic mass is 10.1. The number of nitrogens with one attached hydrogen (secondary N) is 2. The summed E-state index contributed by atoms with van der Waals surface area (Å²) in [5.74, 6) is 2.27. The van der Waals surface area contributed by atoms with Gasteiger partial charge in [0.2, 0.25) is 5.88 Å². The molecule has 5 heteroatoms. The molecule has 0 spiro atoms. The van der Waals surface area contributed by atoms with E-state index in [2.05, 4.69) is 39.7 Å². The number of ether oxygens (including phenoxy) is 2. The molecule has 0 radical (unpaired) electrons. The van der Waals surface area contributed by atoms with E-state index >= 15 is 0 Å². The van der Waals surface area contributed by atoms with Crippen molar-refractivity contribution in [3.05, 3.63) is 84.2 Å². The van der Waals surface area contributed by atoms with Crippen molar-refractivity contribution < 1.29 is 9.47 Å². The van der Waals surface area contributed by atoms with Crippen molar-refractivity contribution in [2.24, 2.45) is 0 Å². The summed E-state index contributed by atoms with van der Waals surface area (Å²) in [6.07, 6.45) is 4.74. The van der Waals surface area contributed by atoms with Gasteiger partial charge in [-0.25, -0.2) is 4.98 Å². The van der Waals surface area contributed by atoms with Crippen LogP contribution >= 0.6 is 0 Å². The Kier molecular flexibility index (Phi) is 5.54. The summed E-state index contributed by atoms with van der Waals surface area (Å²) in [5.41, 5.74) is 3.60. The van der Waals surface area contributed by atoms with E-state index in [1.165, 1.54) is 16.5 Å². The SMILES string of the molecule is COc1ccc2[nH]cc(CCNCc3cccc(Oc4ccccn4)c3)c2c1. The number of methoxy groups -OCH3 is 1. The summed E-state index contributed by atoms with van der Waals surface area (Å²) < 4.78 is 11.1. The molecule has 2 aromatic heterocycles. The molecule has 0 unspecified atom stereocenters. The number of rotatable bonds is 8. The maximum atomic E-state index is 5.80. The standard InChI is InChI=1S/C23H23N3O2/c1-27-19-8-9-22-21(14-19)18(16-26-22)10-12-24-15-17-5-4-6-20(13-17)28-23-7-2-3-11-25-23/h2-9,11,13-14,16,24,26H,10,12,15H2,1H3. The van der Waals surface area contributed by atoms with Crippen molar-refractivity contribution in [2.75, 3.05) is 13.7 Å². The average molecular weight is 373 g/mol. The van der Waals surface area contributed by atoms with Crippen LogP contribution in [0.1, 0.15) is 11.1 Å². The van der Waals surface area contributed by atoms with Crippen LogP contribution in [0.4, 0.5) is 0 Å². The molecule has 0 aliphatic rings. The second kappa shape index (κ2) is 8.59. The summed E-state index contributed by atoms with van der Waals surface area (Å²) in [6.45, 7) is 1.67. The molecule has 0 aliphatic carbocycles. The van der Waals surface area contributed by atoms with Crippen LogP contribution in [0, 0.1) is 0 Å². The normalized spacial score (nSPS) is 10.9. The molecule has 4 aromatic rings. The summed E-state index contributed by atoms with van der Waals surface area (Å²) in [5, 5.41) is 4.72. The molecule has 0 bridgehead atoms. The van der Waals surface area contributed by atoms with Gasteiger partial charge >= 0.3 is 0 Å². The van der Waals surface area contributed by atoms with Crippen LogP contribution in [0.3, 0.4) is 0 Å². The fraction of sp³-hybridized carbons (Fsp3) is 0.174. The molecule has 142 valence electrons. The number of hydrogen-bond acceptors (Lipinski definition) is 4. The predicted molar refractivity (Wildman–Crippen MR) is 111 cm³/mol. The first-order valence-corrected chi connectivity index (χ1v) is 9.34. The van der Waals surface area contributed by atoms with Gasteiger partial charge in [-0.1, -0.05) is 18.2 Å². The zero-order valence-electron chi connectivity index (χ0n) is 15.8. The van der Waals surface area contributed by atoms with Crippen LogP contribution < -0.4 is 14.8 Å². The molecule has 0 fully saturated rings. The van der Waals surface area contributed by atoms with Gasteiger partial charge in [0.25, 0.3) is 0 Å². The number of pyridine rings is 1. The van der Waals surface area contributed by atoms with E-state index < -0.39 is 0 Å². The number of aromatic nitrogens is 2. The first-order valence-electron chi connectivity index (χ1n) is 9.34. The molecule has 0 saturated heterocycles. The third kappa shape index (κ3) is 4.32. The maximum absolute atomic E-state index is 5.80. The molecule has 2 aromatic carbocycles. The van der Waals surface area contributed by atoms with Gasteiger partial charge in [-0.2, -0.15) is 0 Å². The molecule has 2 heterocycles.